The second-order valence-electron chi connectivity index (χ2n) is 17.1. The van der Waals surface area contributed by atoms with Gasteiger partial charge in [0, 0.05) is 19.3 Å². The van der Waals surface area contributed by atoms with Gasteiger partial charge in [-0.15, -0.1) is 0 Å². The SMILES string of the molecule is O=C(O)CCCCCCCCCCCCCCCCC(CCCCCCCCCCCCCCC(=O)O)CCCCCCCCCCCCCCC(=O)O. The molecule has 0 aliphatic carbocycles. The number of hydrogen-bond donors (Lipinski definition) is 3. The maximum atomic E-state index is 10.6. The summed E-state index contributed by atoms with van der Waals surface area (Å²) >= 11 is 0. The first-order chi connectivity index (χ1) is 26.4. The Kier molecular flexibility index (Phi) is 42.8. The summed E-state index contributed by atoms with van der Waals surface area (Å²) < 4.78 is 0. The van der Waals surface area contributed by atoms with Gasteiger partial charge in [0.25, 0.3) is 0 Å². The van der Waals surface area contributed by atoms with Crippen LogP contribution in [0.15, 0.2) is 0 Å². The monoisotopic (exact) mass is 765 g/mol. The normalized spacial score (nSPS) is 11.5. The predicted molar refractivity (Wildman–Crippen MR) is 230 cm³/mol. The number of carboxylic acids is 3. The van der Waals surface area contributed by atoms with Crippen LogP contribution < -0.4 is 0 Å². The van der Waals surface area contributed by atoms with Crippen molar-refractivity contribution in [2.45, 2.75) is 283 Å². The van der Waals surface area contributed by atoms with E-state index in [1.165, 1.54) is 225 Å². The number of aliphatic carboxylic acids is 3. The van der Waals surface area contributed by atoms with Crippen molar-refractivity contribution in [1.29, 1.82) is 0 Å². The van der Waals surface area contributed by atoms with Crippen molar-refractivity contribution in [3.8, 4) is 0 Å². The van der Waals surface area contributed by atoms with E-state index in [1.807, 2.05) is 0 Å². The average molecular weight is 765 g/mol. The van der Waals surface area contributed by atoms with E-state index in [4.69, 9.17) is 15.3 Å². The number of carbonyl (C=O) groups is 3. The molecule has 0 fully saturated rings. The Balaban J connectivity index is 3.97. The number of hydrogen-bond acceptors (Lipinski definition) is 3. The highest BCUT2D eigenvalue weighted by atomic mass is 16.4. The topological polar surface area (TPSA) is 112 Å². The van der Waals surface area contributed by atoms with Gasteiger partial charge in [-0.3, -0.25) is 14.4 Å². The molecule has 0 spiro atoms. The number of unbranched alkanes of at least 4 members (excludes halogenated alkanes) is 35. The van der Waals surface area contributed by atoms with Gasteiger partial charge in [-0.1, -0.05) is 244 Å². The van der Waals surface area contributed by atoms with Crippen molar-refractivity contribution in [2.24, 2.45) is 5.92 Å². The Morgan fingerprint density at radius 3 is 0.500 bits per heavy atom. The van der Waals surface area contributed by atoms with E-state index in [2.05, 4.69) is 0 Å². The third-order valence-corrected chi connectivity index (χ3v) is 11.8. The Morgan fingerprint density at radius 1 is 0.222 bits per heavy atom. The first-order valence-corrected chi connectivity index (χ1v) is 24.1. The highest BCUT2D eigenvalue weighted by Crippen LogP contribution is 2.25. The Hall–Kier alpha value is -1.59. The molecule has 0 unspecified atom stereocenters. The number of rotatable bonds is 47. The van der Waals surface area contributed by atoms with Crippen molar-refractivity contribution >= 4 is 17.9 Å². The van der Waals surface area contributed by atoms with E-state index in [0.717, 1.165) is 44.4 Å². The van der Waals surface area contributed by atoms with E-state index in [9.17, 15) is 14.4 Å². The molecule has 54 heavy (non-hydrogen) atoms. The molecule has 0 aromatic heterocycles. The van der Waals surface area contributed by atoms with Crippen LogP contribution in [0.1, 0.15) is 283 Å². The molecule has 0 aliphatic heterocycles. The zero-order valence-corrected chi connectivity index (χ0v) is 35.8. The van der Waals surface area contributed by atoms with Crippen LogP contribution in [0.2, 0.25) is 0 Å². The zero-order chi connectivity index (χ0) is 39.4. The van der Waals surface area contributed by atoms with Crippen LogP contribution in [-0.4, -0.2) is 33.2 Å². The first kappa shape index (κ1) is 52.4. The van der Waals surface area contributed by atoms with E-state index in [-0.39, 0.29) is 0 Å². The van der Waals surface area contributed by atoms with Crippen molar-refractivity contribution in [3.05, 3.63) is 0 Å². The van der Waals surface area contributed by atoms with E-state index in [1.54, 1.807) is 0 Å². The van der Waals surface area contributed by atoms with Crippen LogP contribution in [0.25, 0.3) is 0 Å². The predicted octanol–water partition coefficient (Wildman–Crippen LogP) is 16.0. The first-order valence-electron chi connectivity index (χ1n) is 24.1. The second-order valence-corrected chi connectivity index (χ2v) is 17.1. The summed E-state index contributed by atoms with van der Waals surface area (Å²) in [5, 5.41) is 26.2. The molecular weight excluding hydrogens is 673 g/mol. The maximum Gasteiger partial charge on any atom is 0.303 e. The summed E-state index contributed by atoms with van der Waals surface area (Å²) in [6.07, 6.45) is 54.4. The molecule has 6 heteroatoms. The lowest BCUT2D eigenvalue weighted by Crippen LogP contribution is -2.01. The van der Waals surface area contributed by atoms with E-state index >= 15 is 0 Å². The highest BCUT2D eigenvalue weighted by Gasteiger charge is 2.09. The molecule has 0 amide bonds. The van der Waals surface area contributed by atoms with Gasteiger partial charge in [0.2, 0.25) is 0 Å². The highest BCUT2D eigenvalue weighted by molar-refractivity contribution is 5.67. The van der Waals surface area contributed by atoms with Gasteiger partial charge in [0.15, 0.2) is 0 Å². The minimum atomic E-state index is -0.660. The summed E-state index contributed by atoms with van der Waals surface area (Å²) in [4.78, 5) is 31.8. The van der Waals surface area contributed by atoms with Crippen LogP contribution in [0, 0.1) is 5.92 Å². The molecule has 0 bridgehead atoms. The van der Waals surface area contributed by atoms with Crippen LogP contribution in [0.5, 0.6) is 0 Å². The van der Waals surface area contributed by atoms with Crippen LogP contribution >= 0.6 is 0 Å². The minimum Gasteiger partial charge on any atom is -0.481 e. The molecule has 0 rings (SSSR count). The minimum absolute atomic E-state index is 0.328. The van der Waals surface area contributed by atoms with Crippen LogP contribution in [0.4, 0.5) is 0 Å². The van der Waals surface area contributed by atoms with Crippen molar-refractivity contribution < 1.29 is 29.7 Å². The molecular formula is C48H92O6. The van der Waals surface area contributed by atoms with Crippen molar-refractivity contribution in [3.63, 3.8) is 0 Å². The molecule has 0 saturated carbocycles. The quantitative estimate of drug-likeness (QED) is 0.0532. The molecule has 0 atom stereocenters. The maximum absolute atomic E-state index is 10.6. The van der Waals surface area contributed by atoms with Gasteiger partial charge >= 0.3 is 17.9 Å². The fraction of sp³-hybridized carbons (Fsp3) is 0.938. The van der Waals surface area contributed by atoms with Crippen LogP contribution in [0.3, 0.4) is 0 Å². The molecule has 0 saturated heterocycles. The Morgan fingerprint density at radius 2 is 0.352 bits per heavy atom. The third-order valence-electron chi connectivity index (χ3n) is 11.8. The molecule has 3 N–H and O–H groups in total. The van der Waals surface area contributed by atoms with Gasteiger partial charge in [-0.2, -0.15) is 0 Å². The Labute approximate surface area is 335 Å². The molecule has 320 valence electrons. The smallest absolute Gasteiger partial charge is 0.303 e. The molecule has 0 aromatic rings. The molecule has 0 aliphatic rings. The van der Waals surface area contributed by atoms with Gasteiger partial charge < -0.3 is 15.3 Å². The standard InChI is InChI=1S/C48H92O6/c49-46(50)42-36-30-24-18-12-4-2-1-3-9-15-21-27-33-39-45(40-34-28-22-16-10-5-7-13-19-25-31-37-43-47(51)52)41-35-29-23-17-11-6-8-14-20-26-32-38-44-48(53)54/h45H,1-44H2,(H,49,50)(H,51,52)(H,53,54). The summed E-state index contributed by atoms with van der Waals surface area (Å²) in [6, 6.07) is 0. The summed E-state index contributed by atoms with van der Waals surface area (Å²) in [5.74, 6) is -1.04. The van der Waals surface area contributed by atoms with Gasteiger partial charge in [0.05, 0.1) is 0 Å². The van der Waals surface area contributed by atoms with E-state index < -0.39 is 17.9 Å². The lowest BCUT2D eigenvalue weighted by molar-refractivity contribution is -0.138. The summed E-state index contributed by atoms with van der Waals surface area (Å²) in [6.45, 7) is 0. The largest absolute Gasteiger partial charge is 0.481 e. The van der Waals surface area contributed by atoms with Crippen molar-refractivity contribution in [1.82, 2.24) is 0 Å². The zero-order valence-electron chi connectivity index (χ0n) is 35.8. The number of carboxylic acid groups (broad SMARTS) is 3. The molecule has 0 radical (unpaired) electrons. The van der Waals surface area contributed by atoms with Crippen LogP contribution in [-0.2, 0) is 14.4 Å². The van der Waals surface area contributed by atoms with E-state index in [0.29, 0.717) is 19.3 Å². The lowest BCUT2D eigenvalue weighted by atomic mass is 9.89. The molecule has 0 aromatic carbocycles. The summed E-state index contributed by atoms with van der Waals surface area (Å²) in [5.41, 5.74) is 0. The van der Waals surface area contributed by atoms with Gasteiger partial charge in [0.1, 0.15) is 0 Å². The van der Waals surface area contributed by atoms with Crippen molar-refractivity contribution in [2.75, 3.05) is 0 Å². The van der Waals surface area contributed by atoms with Gasteiger partial charge in [-0.05, 0) is 25.2 Å². The lowest BCUT2D eigenvalue weighted by Gasteiger charge is -2.17. The fourth-order valence-electron chi connectivity index (χ4n) is 8.22. The fourth-order valence-corrected chi connectivity index (χ4v) is 8.22. The molecule has 0 heterocycles. The molecule has 6 nitrogen and oxygen atoms in total. The second kappa shape index (κ2) is 44.1. The summed E-state index contributed by atoms with van der Waals surface area (Å²) in [7, 11) is 0. The third kappa shape index (κ3) is 46.6. The van der Waals surface area contributed by atoms with Gasteiger partial charge in [-0.25, -0.2) is 0 Å². The average Bonchev–Trinajstić information content (AvgIpc) is 3.14. The Bertz CT molecular complexity index is 756.